The highest BCUT2D eigenvalue weighted by Gasteiger charge is 2.22. The van der Waals surface area contributed by atoms with Gasteiger partial charge in [-0.05, 0) is 33.3 Å². The van der Waals surface area contributed by atoms with Gasteiger partial charge in [0.15, 0.2) is 5.03 Å². The predicted molar refractivity (Wildman–Crippen MR) is 81.9 cm³/mol. The van der Waals surface area contributed by atoms with E-state index in [9.17, 15) is 8.42 Å². The van der Waals surface area contributed by atoms with Crippen molar-refractivity contribution in [2.75, 3.05) is 4.72 Å². The fraction of sp³-hybridized carbons (Fsp3) is 0.385. The van der Waals surface area contributed by atoms with Crippen LogP contribution in [0.5, 0.6) is 0 Å². The Morgan fingerprint density at radius 3 is 2.62 bits per heavy atom. The quantitative estimate of drug-likeness (QED) is 0.936. The van der Waals surface area contributed by atoms with Gasteiger partial charge in [0.2, 0.25) is 0 Å². The first kappa shape index (κ1) is 15.5. The largest absolute Gasteiger partial charge is 0.334 e. The molecule has 0 aliphatic rings. The molecule has 2 rings (SSSR count). The lowest BCUT2D eigenvalue weighted by molar-refractivity contribution is 0.592. The molecule has 0 aliphatic heterocycles. The minimum absolute atomic E-state index is 0.0520. The summed E-state index contributed by atoms with van der Waals surface area (Å²) in [5.41, 5.74) is 1.16. The van der Waals surface area contributed by atoms with E-state index in [1.54, 1.807) is 11.5 Å². The normalized spacial score (nSPS) is 11.6. The number of nitrogens with one attached hydrogen (secondary N) is 1. The Hall–Kier alpha value is -1.85. The second kappa shape index (κ2) is 5.50. The molecule has 6 nitrogen and oxygen atoms in total. The lowest BCUT2D eigenvalue weighted by Crippen LogP contribution is -2.13. The minimum atomic E-state index is -3.78. The zero-order chi connectivity index (χ0) is 15.8. The van der Waals surface area contributed by atoms with E-state index in [1.807, 2.05) is 26.8 Å². The molecule has 0 unspecified atom stereocenters. The molecule has 2 heterocycles. The molecule has 0 aromatic carbocycles. The average molecular weight is 324 g/mol. The maximum atomic E-state index is 12.3. The third-order valence-electron chi connectivity index (χ3n) is 3.17. The molecule has 2 aromatic heterocycles. The third-order valence-corrected chi connectivity index (χ3v) is 5.66. The van der Waals surface area contributed by atoms with Gasteiger partial charge in [-0.15, -0.1) is 11.3 Å². The van der Waals surface area contributed by atoms with Gasteiger partial charge in [-0.2, -0.15) is 13.7 Å². The topological polar surface area (TPSA) is 87.8 Å². The highest BCUT2D eigenvalue weighted by Crippen LogP contribution is 2.33. The molecule has 0 amide bonds. The fourth-order valence-corrected chi connectivity index (χ4v) is 4.00. The zero-order valence-corrected chi connectivity index (χ0v) is 13.8. The SMILES string of the molecule is Cc1sc(NS(=O)(=O)c2cn(C(C)C)cn2)c(C#N)c1C. The molecule has 112 valence electrons. The molecule has 0 saturated heterocycles. The van der Waals surface area contributed by atoms with Crippen LogP contribution in [0.2, 0.25) is 0 Å². The lowest BCUT2D eigenvalue weighted by atomic mass is 10.2. The predicted octanol–water partition coefficient (Wildman–Crippen LogP) is 2.81. The molecular weight excluding hydrogens is 308 g/mol. The van der Waals surface area contributed by atoms with Crippen molar-refractivity contribution in [3.63, 3.8) is 0 Å². The number of rotatable bonds is 4. The number of nitrogens with zero attached hydrogens (tertiary/aromatic N) is 3. The van der Waals surface area contributed by atoms with Crippen molar-refractivity contribution in [2.24, 2.45) is 0 Å². The van der Waals surface area contributed by atoms with Crippen molar-refractivity contribution >= 4 is 26.4 Å². The number of hydrogen-bond donors (Lipinski definition) is 1. The van der Waals surface area contributed by atoms with Crippen molar-refractivity contribution in [3.8, 4) is 6.07 Å². The van der Waals surface area contributed by atoms with Crippen LogP contribution in [-0.2, 0) is 10.0 Å². The van der Waals surface area contributed by atoms with Crippen LogP contribution in [0, 0.1) is 25.2 Å². The molecule has 0 fully saturated rings. The van der Waals surface area contributed by atoms with Gasteiger partial charge in [-0.25, -0.2) is 4.98 Å². The van der Waals surface area contributed by atoms with E-state index in [1.165, 1.54) is 23.9 Å². The lowest BCUT2D eigenvalue weighted by Gasteiger charge is -2.05. The van der Waals surface area contributed by atoms with Crippen LogP contribution >= 0.6 is 11.3 Å². The molecule has 0 aliphatic carbocycles. The van der Waals surface area contributed by atoms with E-state index in [2.05, 4.69) is 9.71 Å². The molecule has 2 aromatic rings. The Labute approximate surface area is 128 Å². The van der Waals surface area contributed by atoms with Crippen LogP contribution in [0.3, 0.4) is 0 Å². The van der Waals surface area contributed by atoms with Gasteiger partial charge in [-0.3, -0.25) is 4.72 Å². The van der Waals surface area contributed by atoms with Crippen molar-refractivity contribution in [3.05, 3.63) is 28.5 Å². The number of nitriles is 1. The van der Waals surface area contributed by atoms with Crippen molar-refractivity contribution in [2.45, 2.75) is 38.8 Å². The Morgan fingerprint density at radius 2 is 2.10 bits per heavy atom. The van der Waals surface area contributed by atoms with Crippen molar-refractivity contribution in [1.82, 2.24) is 9.55 Å². The molecule has 1 N–H and O–H groups in total. The molecular formula is C13H16N4O2S2. The molecule has 0 radical (unpaired) electrons. The number of aromatic nitrogens is 2. The standard InChI is InChI=1S/C13H16N4O2S2/c1-8(2)17-6-12(15-7-17)21(18,19)16-13-11(5-14)9(3)10(4)20-13/h6-8,16H,1-4H3. The average Bonchev–Trinajstić information content (AvgIpc) is 2.97. The maximum absolute atomic E-state index is 12.3. The first-order chi connectivity index (χ1) is 9.76. The summed E-state index contributed by atoms with van der Waals surface area (Å²) in [6.45, 7) is 7.53. The van der Waals surface area contributed by atoms with Crippen LogP contribution in [0.1, 0.15) is 35.9 Å². The number of imidazole rings is 1. The second-order valence-electron chi connectivity index (χ2n) is 4.96. The van der Waals surface area contributed by atoms with Crippen LogP contribution < -0.4 is 4.72 Å². The highest BCUT2D eigenvalue weighted by molar-refractivity contribution is 7.92. The van der Waals surface area contributed by atoms with Crippen LogP contribution in [0.25, 0.3) is 0 Å². The highest BCUT2D eigenvalue weighted by atomic mass is 32.2. The fourth-order valence-electron chi connectivity index (χ4n) is 1.75. The number of sulfonamides is 1. The number of thiophene rings is 1. The van der Waals surface area contributed by atoms with Crippen LogP contribution in [0.15, 0.2) is 17.6 Å². The first-order valence-electron chi connectivity index (χ1n) is 6.32. The van der Waals surface area contributed by atoms with E-state index < -0.39 is 10.0 Å². The summed E-state index contributed by atoms with van der Waals surface area (Å²) in [6, 6.07) is 2.17. The maximum Gasteiger partial charge on any atom is 0.281 e. The monoisotopic (exact) mass is 324 g/mol. The van der Waals surface area contributed by atoms with E-state index in [0.29, 0.717) is 10.6 Å². The Kier molecular flexibility index (Phi) is 4.07. The molecule has 0 spiro atoms. The summed E-state index contributed by atoms with van der Waals surface area (Å²) in [6.07, 6.45) is 2.96. The zero-order valence-electron chi connectivity index (χ0n) is 12.2. The van der Waals surface area contributed by atoms with Gasteiger partial charge in [-0.1, -0.05) is 0 Å². The number of aryl methyl sites for hydroxylation is 1. The minimum Gasteiger partial charge on any atom is -0.334 e. The summed E-state index contributed by atoms with van der Waals surface area (Å²) >= 11 is 1.25. The molecule has 0 atom stereocenters. The van der Waals surface area contributed by atoms with E-state index >= 15 is 0 Å². The van der Waals surface area contributed by atoms with Crippen LogP contribution in [-0.4, -0.2) is 18.0 Å². The summed E-state index contributed by atoms with van der Waals surface area (Å²) < 4.78 is 28.8. The van der Waals surface area contributed by atoms with Gasteiger partial charge >= 0.3 is 0 Å². The van der Waals surface area contributed by atoms with Crippen LogP contribution in [0.4, 0.5) is 5.00 Å². The van der Waals surface area contributed by atoms with Gasteiger partial charge in [0.25, 0.3) is 10.0 Å². The van der Waals surface area contributed by atoms with Crippen molar-refractivity contribution in [1.29, 1.82) is 5.26 Å². The summed E-state index contributed by atoms with van der Waals surface area (Å²) in [4.78, 5) is 4.84. The van der Waals surface area contributed by atoms with Gasteiger partial charge < -0.3 is 4.57 Å². The third kappa shape index (κ3) is 2.94. The Bertz CT molecular complexity index is 810. The summed E-state index contributed by atoms with van der Waals surface area (Å²) in [7, 11) is -3.78. The number of anilines is 1. The molecule has 21 heavy (non-hydrogen) atoms. The molecule has 0 saturated carbocycles. The number of hydrogen-bond acceptors (Lipinski definition) is 5. The van der Waals surface area contributed by atoms with Gasteiger partial charge in [0.05, 0.1) is 11.9 Å². The Balaban J connectivity index is 2.38. The smallest absolute Gasteiger partial charge is 0.281 e. The molecule has 0 bridgehead atoms. The summed E-state index contributed by atoms with van der Waals surface area (Å²) in [5.74, 6) is 0. The first-order valence-corrected chi connectivity index (χ1v) is 8.62. The van der Waals surface area contributed by atoms with Crippen molar-refractivity contribution < 1.29 is 8.42 Å². The van der Waals surface area contributed by atoms with E-state index in [-0.39, 0.29) is 11.1 Å². The van der Waals surface area contributed by atoms with Gasteiger partial charge in [0.1, 0.15) is 11.1 Å². The van der Waals surface area contributed by atoms with E-state index in [0.717, 1.165) is 10.4 Å². The summed E-state index contributed by atoms with van der Waals surface area (Å²) in [5, 5.41) is 9.45. The van der Waals surface area contributed by atoms with E-state index in [4.69, 9.17) is 5.26 Å². The molecule has 8 heteroatoms. The van der Waals surface area contributed by atoms with Gasteiger partial charge in [0, 0.05) is 17.1 Å². The second-order valence-corrected chi connectivity index (χ2v) is 7.81. The Morgan fingerprint density at radius 1 is 1.43 bits per heavy atom.